The summed E-state index contributed by atoms with van der Waals surface area (Å²) in [6.07, 6.45) is 0.854. The summed E-state index contributed by atoms with van der Waals surface area (Å²) in [6.45, 7) is 11.1. The molecule has 4 heteroatoms. The number of nitrogens with one attached hydrogen (secondary N) is 1. The molecule has 1 aromatic heterocycles. The van der Waals surface area contributed by atoms with Crippen molar-refractivity contribution in [3.05, 3.63) is 5.82 Å². The third-order valence-electron chi connectivity index (χ3n) is 3.02. The minimum absolute atomic E-state index is 0.177. The van der Waals surface area contributed by atoms with Gasteiger partial charge in [-0.2, -0.15) is 5.21 Å². The normalized spacial score (nSPS) is 13.3. The van der Waals surface area contributed by atoms with E-state index in [-0.39, 0.29) is 10.8 Å². The van der Waals surface area contributed by atoms with Crippen molar-refractivity contribution >= 4 is 0 Å². The van der Waals surface area contributed by atoms with E-state index in [0.29, 0.717) is 0 Å². The van der Waals surface area contributed by atoms with Gasteiger partial charge >= 0.3 is 0 Å². The summed E-state index contributed by atoms with van der Waals surface area (Å²) in [5, 5.41) is 14.0. The van der Waals surface area contributed by atoms with Crippen molar-refractivity contribution in [3.8, 4) is 0 Å². The summed E-state index contributed by atoms with van der Waals surface area (Å²) in [6, 6.07) is 0. The van der Waals surface area contributed by atoms with Crippen LogP contribution in [-0.2, 0) is 6.42 Å². The van der Waals surface area contributed by atoms with Crippen molar-refractivity contribution in [2.24, 2.45) is 10.8 Å². The zero-order chi connectivity index (χ0) is 10.1. The van der Waals surface area contributed by atoms with Crippen molar-refractivity contribution < 1.29 is 0 Å². The molecule has 1 rings (SSSR count). The minimum atomic E-state index is 0.177. The van der Waals surface area contributed by atoms with Crippen LogP contribution < -0.4 is 0 Å². The van der Waals surface area contributed by atoms with Crippen LogP contribution in [0.15, 0.2) is 0 Å². The molecule has 0 amide bonds. The lowest BCUT2D eigenvalue weighted by Crippen LogP contribution is -2.32. The fourth-order valence-corrected chi connectivity index (χ4v) is 0.918. The van der Waals surface area contributed by atoms with E-state index in [4.69, 9.17) is 0 Å². The molecule has 0 radical (unpaired) electrons. The highest BCUT2D eigenvalue weighted by atomic mass is 15.5. The summed E-state index contributed by atoms with van der Waals surface area (Å²) < 4.78 is 0. The van der Waals surface area contributed by atoms with Crippen molar-refractivity contribution in [1.82, 2.24) is 20.6 Å². The molecule has 1 N–H and O–H groups in total. The first-order valence-electron chi connectivity index (χ1n) is 4.55. The maximum atomic E-state index is 3.97. The zero-order valence-corrected chi connectivity index (χ0v) is 9.05. The van der Waals surface area contributed by atoms with Gasteiger partial charge in [-0.15, -0.1) is 10.2 Å². The maximum Gasteiger partial charge on any atom is 0.175 e. The van der Waals surface area contributed by atoms with Crippen LogP contribution in [0.4, 0.5) is 0 Å². The van der Waals surface area contributed by atoms with Crippen LogP contribution in [0.2, 0.25) is 0 Å². The third-order valence-corrected chi connectivity index (χ3v) is 3.02. The molecule has 0 saturated carbocycles. The van der Waals surface area contributed by atoms with Gasteiger partial charge in [-0.05, 0) is 10.8 Å². The molecule has 1 heterocycles. The Morgan fingerprint density at radius 3 is 2.15 bits per heavy atom. The number of H-pyrrole nitrogens is 1. The van der Waals surface area contributed by atoms with E-state index in [2.05, 4.69) is 55.2 Å². The number of hydrogen-bond donors (Lipinski definition) is 1. The highest BCUT2D eigenvalue weighted by molar-refractivity contribution is 4.91. The number of hydrogen-bond acceptors (Lipinski definition) is 3. The van der Waals surface area contributed by atoms with E-state index in [1.165, 1.54) is 0 Å². The molecule has 0 fully saturated rings. The number of nitrogens with zero attached hydrogens (tertiary/aromatic N) is 3. The minimum Gasteiger partial charge on any atom is -0.177 e. The lowest BCUT2D eigenvalue weighted by atomic mass is 9.67. The van der Waals surface area contributed by atoms with E-state index < -0.39 is 0 Å². The van der Waals surface area contributed by atoms with Crippen LogP contribution in [-0.4, -0.2) is 20.6 Å². The average molecular weight is 182 g/mol. The van der Waals surface area contributed by atoms with Crippen molar-refractivity contribution in [2.75, 3.05) is 0 Å². The van der Waals surface area contributed by atoms with Gasteiger partial charge in [0.1, 0.15) is 0 Å². The van der Waals surface area contributed by atoms with E-state index in [0.717, 1.165) is 12.2 Å². The van der Waals surface area contributed by atoms with Gasteiger partial charge in [-0.1, -0.05) is 39.8 Å². The second-order valence-corrected chi connectivity index (χ2v) is 5.14. The second-order valence-electron chi connectivity index (χ2n) is 5.14. The van der Waals surface area contributed by atoms with Crippen molar-refractivity contribution in [1.29, 1.82) is 0 Å². The lowest BCUT2D eigenvalue weighted by Gasteiger charge is -2.37. The predicted octanol–water partition coefficient (Wildman–Crippen LogP) is 1.81. The van der Waals surface area contributed by atoms with Crippen LogP contribution in [0, 0.1) is 10.8 Å². The molecule has 0 aromatic carbocycles. The standard InChI is InChI=1S/C9H18N4/c1-8(2,3)9(4,5)6-7-10-12-13-11-7/h6H2,1-5H3,(H,10,11,12,13). The molecule has 0 atom stereocenters. The quantitative estimate of drug-likeness (QED) is 0.759. The zero-order valence-electron chi connectivity index (χ0n) is 9.05. The number of rotatable bonds is 2. The Hall–Kier alpha value is -0.930. The van der Waals surface area contributed by atoms with E-state index in [9.17, 15) is 0 Å². The maximum absolute atomic E-state index is 3.97. The van der Waals surface area contributed by atoms with Crippen LogP contribution in [0.25, 0.3) is 0 Å². The molecule has 0 unspecified atom stereocenters. The van der Waals surface area contributed by atoms with E-state index in [1.807, 2.05) is 0 Å². The predicted molar refractivity (Wildman–Crippen MR) is 51.1 cm³/mol. The second kappa shape index (κ2) is 3.09. The Balaban J connectivity index is 2.73. The van der Waals surface area contributed by atoms with Crippen molar-refractivity contribution in [2.45, 2.75) is 41.0 Å². The Morgan fingerprint density at radius 1 is 1.15 bits per heavy atom. The molecular formula is C9H18N4. The Kier molecular flexibility index (Phi) is 2.41. The molecule has 0 bridgehead atoms. The van der Waals surface area contributed by atoms with E-state index >= 15 is 0 Å². The first-order chi connectivity index (χ1) is 5.83. The Morgan fingerprint density at radius 2 is 1.77 bits per heavy atom. The highest BCUT2D eigenvalue weighted by Gasteiger charge is 2.33. The van der Waals surface area contributed by atoms with Crippen molar-refractivity contribution in [3.63, 3.8) is 0 Å². The summed E-state index contributed by atoms with van der Waals surface area (Å²) in [5.41, 5.74) is 0.421. The monoisotopic (exact) mass is 182 g/mol. The van der Waals surface area contributed by atoms with Gasteiger partial charge in [0.25, 0.3) is 0 Å². The Bertz CT molecular complexity index is 256. The molecule has 0 aliphatic heterocycles. The van der Waals surface area contributed by atoms with Gasteiger partial charge < -0.3 is 0 Å². The molecule has 0 aliphatic carbocycles. The third kappa shape index (κ3) is 2.26. The van der Waals surface area contributed by atoms with Crippen LogP contribution >= 0.6 is 0 Å². The summed E-state index contributed by atoms with van der Waals surface area (Å²) >= 11 is 0. The summed E-state index contributed by atoms with van der Waals surface area (Å²) in [4.78, 5) is 0. The SMILES string of the molecule is CC(C)(C)C(C)(C)Cc1nn[nH]n1. The Labute approximate surface area is 79.1 Å². The molecule has 74 valence electrons. The van der Waals surface area contributed by atoms with Gasteiger partial charge in [0.2, 0.25) is 0 Å². The van der Waals surface area contributed by atoms with Crippen LogP contribution in [0.1, 0.15) is 40.4 Å². The van der Waals surface area contributed by atoms with E-state index in [1.54, 1.807) is 0 Å². The smallest absolute Gasteiger partial charge is 0.175 e. The number of tetrazole rings is 1. The van der Waals surface area contributed by atoms with Crippen LogP contribution in [0.3, 0.4) is 0 Å². The van der Waals surface area contributed by atoms with Gasteiger partial charge in [-0.25, -0.2) is 0 Å². The fraction of sp³-hybridized carbons (Fsp3) is 0.889. The molecule has 13 heavy (non-hydrogen) atoms. The fourth-order valence-electron chi connectivity index (χ4n) is 0.918. The summed E-state index contributed by atoms with van der Waals surface area (Å²) in [7, 11) is 0. The molecule has 4 nitrogen and oxygen atoms in total. The first-order valence-corrected chi connectivity index (χ1v) is 4.55. The van der Waals surface area contributed by atoms with Gasteiger partial charge in [0.05, 0.1) is 0 Å². The molecular weight excluding hydrogens is 164 g/mol. The highest BCUT2D eigenvalue weighted by Crippen LogP contribution is 2.39. The molecule has 1 aromatic rings. The van der Waals surface area contributed by atoms with Gasteiger partial charge in [-0.3, -0.25) is 0 Å². The largest absolute Gasteiger partial charge is 0.177 e. The first kappa shape index (κ1) is 10.2. The summed E-state index contributed by atoms with van der Waals surface area (Å²) in [5.74, 6) is 0.792. The average Bonchev–Trinajstić information content (AvgIpc) is 2.35. The molecule has 0 aliphatic rings. The lowest BCUT2D eigenvalue weighted by molar-refractivity contribution is 0.129. The van der Waals surface area contributed by atoms with Crippen LogP contribution in [0.5, 0.6) is 0 Å². The van der Waals surface area contributed by atoms with Gasteiger partial charge in [0.15, 0.2) is 5.82 Å². The molecule has 0 spiro atoms. The topological polar surface area (TPSA) is 54.5 Å². The number of aromatic amines is 1. The van der Waals surface area contributed by atoms with Gasteiger partial charge in [0, 0.05) is 6.42 Å². The number of aromatic nitrogens is 4. The molecule has 0 saturated heterocycles.